The fraction of sp³-hybridized carbons (Fsp3) is 0.471. The zero-order chi connectivity index (χ0) is 20.6. The van der Waals surface area contributed by atoms with E-state index in [1.165, 1.54) is 13.8 Å². The fourth-order valence-electron chi connectivity index (χ4n) is 3.28. The first-order valence-electron chi connectivity index (χ1n) is 8.80. The minimum absolute atomic E-state index is 0.352. The molecule has 10 nitrogen and oxygen atoms in total. The van der Waals surface area contributed by atoms with Crippen molar-refractivity contribution < 1.29 is 19.8 Å². The molecule has 3 heterocycles. The Morgan fingerprint density at radius 3 is 2.86 bits per heavy atom. The molecule has 1 aliphatic heterocycles. The predicted molar refractivity (Wildman–Crippen MR) is 108 cm³/mol. The highest BCUT2D eigenvalue weighted by atomic mass is 79.9. The lowest BCUT2D eigenvalue weighted by Crippen LogP contribution is -2.53. The number of hydrazine groups is 1. The molecule has 0 radical (unpaired) electrons. The quantitative estimate of drug-likeness (QED) is 0.269. The first-order valence-corrected chi connectivity index (χ1v) is 9.60. The topological polar surface area (TPSA) is 148 Å². The fourth-order valence-corrected chi connectivity index (χ4v) is 3.83. The molecule has 0 saturated carbocycles. The van der Waals surface area contributed by atoms with Gasteiger partial charge < -0.3 is 25.4 Å². The number of aliphatic hydroxyl groups is 1. The van der Waals surface area contributed by atoms with E-state index >= 15 is 0 Å². The van der Waals surface area contributed by atoms with Crippen LogP contribution in [0.4, 0.5) is 16.2 Å². The summed E-state index contributed by atoms with van der Waals surface area (Å²) in [6.07, 6.45) is 3.52. The Labute approximate surface area is 169 Å². The lowest BCUT2D eigenvalue weighted by molar-refractivity contribution is -0.130. The van der Waals surface area contributed by atoms with Crippen molar-refractivity contribution in [3.63, 3.8) is 0 Å². The van der Waals surface area contributed by atoms with Gasteiger partial charge in [-0.05, 0) is 42.6 Å². The summed E-state index contributed by atoms with van der Waals surface area (Å²) >= 11 is 3.52. The molecule has 28 heavy (non-hydrogen) atoms. The molecule has 2 aromatic heterocycles. The third-order valence-corrected chi connectivity index (χ3v) is 5.34. The van der Waals surface area contributed by atoms with Gasteiger partial charge in [0.1, 0.15) is 11.2 Å². The monoisotopic (exact) mass is 454 g/mol. The summed E-state index contributed by atoms with van der Waals surface area (Å²) in [7, 11) is 0. The average molecular weight is 455 g/mol. The van der Waals surface area contributed by atoms with E-state index in [4.69, 9.17) is 5.84 Å². The van der Waals surface area contributed by atoms with Crippen LogP contribution in [0.2, 0.25) is 0 Å². The number of amides is 2. The number of nitrogens with two attached hydrogens (primary N) is 1. The van der Waals surface area contributed by atoms with Crippen LogP contribution in [-0.4, -0.2) is 61.9 Å². The summed E-state index contributed by atoms with van der Waals surface area (Å²) in [5.41, 5.74) is 0.284. The van der Waals surface area contributed by atoms with Crippen molar-refractivity contribution in [3.05, 3.63) is 16.9 Å². The van der Waals surface area contributed by atoms with Crippen molar-refractivity contribution in [1.82, 2.24) is 15.0 Å². The zero-order valence-corrected chi connectivity index (χ0v) is 17.2. The van der Waals surface area contributed by atoms with Gasteiger partial charge in [-0.1, -0.05) is 0 Å². The maximum Gasteiger partial charge on any atom is 0.421 e. The largest absolute Gasteiger partial charge is 0.464 e. The predicted octanol–water partition coefficient (Wildman–Crippen LogP) is 1.86. The van der Waals surface area contributed by atoms with Crippen LogP contribution in [0.25, 0.3) is 11.0 Å². The Bertz CT molecular complexity index is 909. The SMILES string of the molecule is CC(C)(O)C(=O)Nc1c[nH]c2ncc(Br)c(N3CCC[C@@H](N(N)C(=O)O)C3)c12. The van der Waals surface area contributed by atoms with Gasteiger partial charge in [0.05, 0.1) is 27.3 Å². The lowest BCUT2D eigenvalue weighted by atomic mass is 10.0. The van der Waals surface area contributed by atoms with Gasteiger partial charge in [-0.3, -0.25) is 4.79 Å². The molecule has 1 fully saturated rings. The summed E-state index contributed by atoms with van der Waals surface area (Å²) in [6.45, 7) is 3.92. The second kappa shape index (κ2) is 7.57. The smallest absolute Gasteiger partial charge is 0.421 e. The van der Waals surface area contributed by atoms with Crippen molar-refractivity contribution in [3.8, 4) is 0 Å². The zero-order valence-electron chi connectivity index (χ0n) is 15.6. The number of anilines is 2. The Hall–Kier alpha value is -2.37. The number of hydrogen-bond donors (Lipinski definition) is 5. The second-order valence-electron chi connectivity index (χ2n) is 7.33. The standard InChI is InChI=1S/C17H23BrN6O4/c1-17(2,28)15(25)22-11-7-21-14-12(11)13(10(18)6-20-14)23-5-3-4-9(8-23)24(19)16(26)27/h6-7,9,28H,3-5,8,19H2,1-2H3,(H,20,21)(H,22,25)(H,26,27)/t9-/m1/s1. The van der Waals surface area contributed by atoms with Gasteiger partial charge in [-0.25, -0.2) is 20.6 Å². The van der Waals surface area contributed by atoms with Crippen LogP contribution in [-0.2, 0) is 4.79 Å². The molecule has 3 rings (SSSR count). The Balaban J connectivity index is 2.00. The minimum Gasteiger partial charge on any atom is -0.464 e. The number of rotatable bonds is 4. The normalized spacial score (nSPS) is 17.6. The summed E-state index contributed by atoms with van der Waals surface area (Å²) in [4.78, 5) is 32.9. The van der Waals surface area contributed by atoms with Crippen LogP contribution in [0.15, 0.2) is 16.9 Å². The number of hydrogen-bond acceptors (Lipinski definition) is 6. The molecule has 152 valence electrons. The van der Waals surface area contributed by atoms with E-state index in [9.17, 15) is 19.8 Å². The number of aromatic amines is 1. The summed E-state index contributed by atoms with van der Waals surface area (Å²) in [5, 5.41) is 23.4. The maximum atomic E-state index is 12.3. The highest BCUT2D eigenvalue weighted by Gasteiger charge is 2.30. The third-order valence-electron chi connectivity index (χ3n) is 4.76. The van der Waals surface area contributed by atoms with Crippen molar-refractivity contribution >= 4 is 50.3 Å². The highest BCUT2D eigenvalue weighted by Crippen LogP contribution is 2.39. The van der Waals surface area contributed by atoms with Gasteiger partial charge in [0.25, 0.3) is 5.91 Å². The average Bonchev–Trinajstić information content (AvgIpc) is 3.03. The number of nitrogens with one attached hydrogen (secondary N) is 2. The van der Waals surface area contributed by atoms with E-state index in [2.05, 4.69) is 31.2 Å². The minimum atomic E-state index is -1.54. The van der Waals surface area contributed by atoms with Crippen LogP contribution in [0, 0.1) is 0 Å². The Kier molecular flexibility index (Phi) is 5.50. The van der Waals surface area contributed by atoms with Crippen molar-refractivity contribution in [2.45, 2.75) is 38.3 Å². The van der Waals surface area contributed by atoms with Crippen LogP contribution >= 0.6 is 15.9 Å². The number of carbonyl (C=O) groups excluding carboxylic acids is 1. The molecule has 11 heteroatoms. The second-order valence-corrected chi connectivity index (χ2v) is 8.18. The first kappa shape index (κ1) is 20.4. The number of H-pyrrole nitrogens is 1. The van der Waals surface area contributed by atoms with E-state index in [0.29, 0.717) is 40.7 Å². The van der Waals surface area contributed by atoms with Crippen LogP contribution in [0.3, 0.4) is 0 Å². The molecule has 1 aliphatic rings. The molecule has 0 spiro atoms. The Morgan fingerprint density at radius 2 is 2.21 bits per heavy atom. The lowest BCUT2D eigenvalue weighted by Gasteiger charge is -2.38. The van der Waals surface area contributed by atoms with Crippen LogP contribution in [0.1, 0.15) is 26.7 Å². The summed E-state index contributed by atoms with van der Waals surface area (Å²) in [6, 6.07) is -0.352. The summed E-state index contributed by atoms with van der Waals surface area (Å²) < 4.78 is 0.706. The molecular weight excluding hydrogens is 432 g/mol. The molecular formula is C17H23BrN6O4. The van der Waals surface area contributed by atoms with E-state index < -0.39 is 17.6 Å². The molecule has 0 aliphatic carbocycles. The number of piperidine rings is 1. The highest BCUT2D eigenvalue weighted by molar-refractivity contribution is 9.10. The van der Waals surface area contributed by atoms with E-state index in [-0.39, 0.29) is 6.04 Å². The molecule has 2 aromatic rings. The molecule has 1 atom stereocenters. The van der Waals surface area contributed by atoms with E-state index in [0.717, 1.165) is 17.1 Å². The molecule has 0 bridgehead atoms. The van der Waals surface area contributed by atoms with Crippen molar-refractivity contribution in [2.75, 3.05) is 23.3 Å². The van der Waals surface area contributed by atoms with Crippen LogP contribution < -0.4 is 16.1 Å². The Morgan fingerprint density at radius 1 is 1.50 bits per heavy atom. The maximum absolute atomic E-state index is 12.3. The number of carbonyl (C=O) groups is 2. The molecule has 1 saturated heterocycles. The number of pyridine rings is 1. The van der Waals surface area contributed by atoms with Crippen molar-refractivity contribution in [2.24, 2.45) is 5.84 Å². The molecule has 2 amide bonds. The number of fused-ring (bicyclic) bond motifs is 1. The van der Waals surface area contributed by atoms with Gasteiger partial charge >= 0.3 is 6.09 Å². The van der Waals surface area contributed by atoms with E-state index in [1.807, 2.05) is 4.90 Å². The third kappa shape index (κ3) is 3.91. The van der Waals surface area contributed by atoms with Gasteiger partial charge in [0, 0.05) is 25.5 Å². The number of carboxylic acid groups (broad SMARTS) is 1. The summed E-state index contributed by atoms with van der Waals surface area (Å²) in [5.74, 6) is 5.15. The van der Waals surface area contributed by atoms with Gasteiger partial charge in [0.15, 0.2) is 0 Å². The van der Waals surface area contributed by atoms with Gasteiger partial charge in [-0.15, -0.1) is 0 Å². The number of halogens is 1. The van der Waals surface area contributed by atoms with E-state index in [1.54, 1.807) is 12.4 Å². The molecule has 0 unspecified atom stereocenters. The first-order chi connectivity index (χ1) is 13.1. The number of aromatic nitrogens is 2. The molecule has 0 aromatic carbocycles. The molecule has 6 N–H and O–H groups in total. The van der Waals surface area contributed by atoms with Gasteiger partial charge in [0.2, 0.25) is 0 Å². The number of nitrogens with zero attached hydrogens (tertiary/aromatic N) is 3. The van der Waals surface area contributed by atoms with Crippen molar-refractivity contribution in [1.29, 1.82) is 0 Å². The van der Waals surface area contributed by atoms with Crippen LogP contribution in [0.5, 0.6) is 0 Å². The van der Waals surface area contributed by atoms with Gasteiger partial charge in [-0.2, -0.15) is 0 Å².